The van der Waals surface area contributed by atoms with Crippen molar-refractivity contribution in [2.45, 2.75) is 20.0 Å². The van der Waals surface area contributed by atoms with Crippen LogP contribution in [0.4, 0.5) is 19.0 Å². The topological polar surface area (TPSA) is 120 Å². The fraction of sp³-hybridized carbons (Fsp3) is 0.167. The first-order valence-electron chi connectivity index (χ1n) is 7.99. The number of amides is 1. The summed E-state index contributed by atoms with van der Waals surface area (Å²) in [4.78, 5) is 19.6. The quantitative estimate of drug-likeness (QED) is 0.634. The van der Waals surface area contributed by atoms with Crippen molar-refractivity contribution in [3.8, 4) is 11.4 Å². The van der Waals surface area contributed by atoms with Crippen LogP contribution in [0.15, 0.2) is 18.7 Å². The second kappa shape index (κ2) is 6.25. The molecule has 3 aromatic rings. The molecule has 146 valence electrons. The summed E-state index contributed by atoms with van der Waals surface area (Å²) < 4.78 is 41.5. The molecule has 0 saturated heterocycles. The van der Waals surface area contributed by atoms with Crippen molar-refractivity contribution < 1.29 is 23.1 Å². The molecule has 2 heterocycles. The van der Waals surface area contributed by atoms with Gasteiger partial charge in [-0.05, 0) is 31.6 Å². The second-order valence-electron chi connectivity index (χ2n) is 6.17. The Kier molecular flexibility index (Phi) is 4.29. The first kappa shape index (κ1) is 19.2. The maximum Gasteiger partial charge on any atom is 0.435 e. The summed E-state index contributed by atoms with van der Waals surface area (Å²) in [5, 5.41) is 10.1. The number of nitrogen functional groups attached to an aromatic ring is 1. The number of nitrogens with two attached hydrogens (primary N) is 2. The molecule has 2 aromatic heterocycles. The fourth-order valence-corrected chi connectivity index (χ4v) is 3.10. The highest BCUT2D eigenvalue weighted by molar-refractivity contribution is 6.09. The van der Waals surface area contributed by atoms with E-state index < -0.39 is 23.5 Å². The van der Waals surface area contributed by atoms with Gasteiger partial charge in [-0.2, -0.15) is 13.2 Å². The number of benzene rings is 1. The van der Waals surface area contributed by atoms with Crippen LogP contribution in [0.25, 0.3) is 22.9 Å². The van der Waals surface area contributed by atoms with Gasteiger partial charge in [0.2, 0.25) is 0 Å². The smallest absolute Gasteiger partial charge is 0.435 e. The van der Waals surface area contributed by atoms with Gasteiger partial charge in [0.1, 0.15) is 22.6 Å². The molecule has 1 amide bonds. The normalized spacial score (nSPS) is 11.8. The Labute approximate surface area is 157 Å². The Morgan fingerprint density at radius 3 is 2.46 bits per heavy atom. The zero-order valence-electron chi connectivity index (χ0n) is 14.9. The molecule has 3 rings (SSSR count). The average Bonchev–Trinajstić information content (AvgIpc) is 2.88. The number of halogens is 3. The first-order chi connectivity index (χ1) is 13.0. The number of phenolic OH excluding ortho intramolecular Hbond substituents is 1. The molecule has 1 aromatic carbocycles. The van der Waals surface area contributed by atoms with E-state index >= 15 is 0 Å². The van der Waals surface area contributed by atoms with Crippen LogP contribution in [0.2, 0.25) is 0 Å². The third kappa shape index (κ3) is 2.73. The first-order valence-corrected chi connectivity index (χ1v) is 7.99. The Morgan fingerprint density at radius 1 is 1.29 bits per heavy atom. The minimum absolute atomic E-state index is 0.103. The maximum atomic E-state index is 13.5. The lowest BCUT2D eigenvalue weighted by molar-refractivity contribution is -0.141. The van der Waals surface area contributed by atoms with Gasteiger partial charge in [0, 0.05) is 5.56 Å². The van der Waals surface area contributed by atoms with E-state index in [1.807, 2.05) is 0 Å². The Balaban J connectivity index is 2.58. The lowest BCUT2D eigenvalue weighted by Gasteiger charge is -2.16. The number of nitrogens with zero attached hydrogens (tertiary/aromatic N) is 3. The number of hydrogen-bond acceptors (Lipinski definition) is 5. The molecular weight excluding hydrogens is 375 g/mol. The molecule has 28 heavy (non-hydrogen) atoms. The number of phenols is 1. The number of carbonyl (C=O) groups is 1. The molecule has 0 aliphatic carbocycles. The summed E-state index contributed by atoms with van der Waals surface area (Å²) in [7, 11) is 0. The number of aromatic hydroxyl groups is 1. The molecule has 0 aliphatic rings. The van der Waals surface area contributed by atoms with Crippen LogP contribution < -0.4 is 11.5 Å². The number of aryl methyl sites for hydroxylation is 1. The molecule has 0 radical (unpaired) electrons. The highest BCUT2D eigenvalue weighted by Crippen LogP contribution is 2.37. The molecule has 0 saturated carbocycles. The summed E-state index contributed by atoms with van der Waals surface area (Å²) >= 11 is 0. The third-order valence-electron chi connectivity index (χ3n) is 4.39. The van der Waals surface area contributed by atoms with E-state index in [0.717, 1.165) is 10.6 Å². The summed E-state index contributed by atoms with van der Waals surface area (Å²) in [6.45, 7) is 6.56. The molecule has 0 aliphatic heterocycles. The van der Waals surface area contributed by atoms with Crippen LogP contribution in [0.3, 0.4) is 0 Å². The predicted octanol–water partition coefficient (Wildman–Crippen LogP) is 3.09. The number of primary amides is 1. The molecule has 0 unspecified atom stereocenters. The minimum Gasteiger partial charge on any atom is -0.508 e. The number of anilines is 1. The largest absolute Gasteiger partial charge is 0.508 e. The van der Waals surface area contributed by atoms with Gasteiger partial charge in [-0.3, -0.25) is 9.36 Å². The van der Waals surface area contributed by atoms with Gasteiger partial charge < -0.3 is 16.6 Å². The lowest BCUT2D eigenvalue weighted by Crippen LogP contribution is -2.14. The minimum atomic E-state index is -4.82. The zero-order chi connectivity index (χ0) is 21.0. The van der Waals surface area contributed by atoms with E-state index in [1.54, 1.807) is 19.9 Å². The molecule has 0 spiro atoms. The van der Waals surface area contributed by atoms with Crippen LogP contribution in [-0.2, 0) is 6.18 Å². The SMILES string of the molecule is C=Cc1nc2c(C(N)=O)c(N)n(-c3c(C)ccc(O)c3C)c2nc1C(F)(F)F. The molecular formula is C18H16F3N5O2. The summed E-state index contributed by atoms with van der Waals surface area (Å²) in [5.41, 5.74) is 10.1. The molecule has 10 heteroatoms. The number of alkyl halides is 3. The second-order valence-corrected chi connectivity index (χ2v) is 6.17. The summed E-state index contributed by atoms with van der Waals surface area (Å²) in [5.74, 6) is -1.30. The van der Waals surface area contributed by atoms with Gasteiger partial charge in [0.25, 0.3) is 5.91 Å². The fourth-order valence-electron chi connectivity index (χ4n) is 3.10. The Morgan fingerprint density at radius 2 is 1.93 bits per heavy atom. The highest BCUT2D eigenvalue weighted by atomic mass is 19.4. The van der Waals surface area contributed by atoms with Gasteiger partial charge in [0.05, 0.1) is 11.4 Å². The number of aromatic nitrogens is 3. The number of rotatable bonds is 3. The number of fused-ring (bicyclic) bond motifs is 1. The monoisotopic (exact) mass is 391 g/mol. The van der Waals surface area contributed by atoms with Crippen LogP contribution >= 0.6 is 0 Å². The van der Waals surface area contributed by atoms with Gasteiger partial charge in [0.15, 0.2) is 11.3 Å². The third-order valence-corrected chi connectivity index (χ3v) is 4.39. The highest BCUT2D eigenvalue weighted by Gasteiger charge is 2.37. The van der Waals surface area contributed by atoms with E-state index in [-0.39, 0.29) is 34.0 Å². The van der Waals surface area contributed by atoms with Crippen molar-refractivity contribution in [2.24, 2.45) is 5.73 Å². The van der Waals surface area contributed by atoms with Crippen molar-refractivity contribution in [1.82, 2.24) is 14.5 Å². The van der Waals surface area contributed by atoms with Gasteiger partial charge in [-0.1, -0.05) is 12.6 Å². The molecule has 7 nitrogen and oxygen atoms in total. The average molecular weight is 391 g/mol. The molecule has 5 N–H and O–H groups in total. The van der Waals surface area contributed by atoms with E-state index in [1.165, 1.54) is 6.07 Å². The Bertz CT molecular complexity index is 1150. The van der Waals surface area contributed by atoms with Crippen LogP contribution in [-0.4, -0.2) is 25.5 Å². The maximum absolute atomic E-state index is 13.5. The van der Waals surface area contributed by atoms with Crippen molar-refractivity contribution in [3.63, 3.8) is 0 Å². The van der Waals surface area contributed by atoms with E-state index in [2.05, 4.69) is 16.5 Å². The van der Waals surface area contributed by atoms with E-state index in [4.69, 9.17) is 11.5 Å². The van der Waals surface area contributed by atoms with Crippen molar-refractivity contribution >= 4 is 29.0 Å². The predicted molar refractivity (Wildman–Crippen MR) is 98.0 cm³/mol. The standard InChI is InChI=1S/C18H16F3N5O2/c1-4-9-14(18(19,20)21)25-17-12(24-9)11(16(23)28)15(22)26(17)13-7(2)5-6-10(27)8(13)3/h4-6,27H,1,22H2,2-3H3,(H2,23,28). The zero-order valence-corrected chi connectivity index (χ0v) is 14.9. The molecule has 0 atom stereocenters. The van der Waals surface area contributed by atoms with Gasteiger partial charge in [-0.15, -0.1) is 0 Å². The van der Waals surface area contributed by atoms with Crippen molar-refractivity contribution in [1.29, 1.82) is 0 Å². The van der Waals surface area contributed by atoms with Crippen LogP contribution in [0.1, 0.15) is 32.9 Å². The molecule has 0 bridgehead atoms. The number of carbonyl (C=O) groups excluding carboxylic acids is 1. The molecule has 0 fully saturated rings. The van der Waals surface area contributed by atoms with Gasteiger partial charge >= 0.3 is 6.18 Å². The lowest BCUT2D eigenvalue weighted by atomic mass is 10.1. The van der Waals surface area contributed by atoms with E-state index in [9.17, 15) is 23.1 Å². The van der Waals surface area contributed by atoms with E-state index in [0.29, 0.717) is 11.1 Å². The van der Waals surface area contributed by atoms with Crippen LogP contribution in [0.5, 0.6) is 5.75 Å². The summed E-state index contributed by atoms with van der Waals surface area (Å²) in [6.07, 6.45) is -3.93. The van der Waals surface area contributed by atoms with Gasteiger partial charge in [-0.25, -0.2) is 9.97 Å². The van der Waals surface area contributed by atoms with Crippen molar-refractivity contribution in [2.75, 3.05) is 5.73 Å². The van der Waals surface area contributed by atoms with Crippen LogP contribution in [0, 0.1) is 13.8 Å². The number of hydrogen-bond donors (Lipinski definition) is 3. The van der Waals surface area contributed by atoms with Crippen molar-refractivity contribution in [3.05, 3.63) is 46.8 Å². The Hall–Kier alpha value is -3.56. The summed E-state index contributed by atoms with van der Waals surface area (Å²) in [6, 6.07) is 3.00.